The molecule has 2 N–H and O–H groups in total. The molecule has 0 saturated carbocycles. The standard InChI is InChI=1S/C27H22F6N2O4S/c1-24(2,40(3,38)39)19-11-17-8-5-9-34-22(17)20(13-19)16-7-4-6-15(10-16)18-12-21(23(36)35-14-18)25(37,26(28,29)30)27(31,32)33/h4-14,37H,1-3H3,(H,35,36). The summed E-state index contributed by atoms with van der Waals surface area (Å²) < 4.78 is 105. The van der Waals surface area contributed by atoms with Crippen molar-refractivity contribution in [1.82, 2.24) is 9.97 Å². The number of halogens is 6. The van der Waals surface area contributed by atoms with Gasteiger partial charge < -0.3 is 10.1 Å². The highest BCUT2D eigenvalue weighted by Gasteiger charge is 2.72. The van der Waals surface area contributed by atoms with Crippen LogP contribution < -0.4 is 5.56 Å². The average Bonchev–Trinajstić information content (AvgIpc) is 2.86. The number of fused-ring (bicyclic) bond motifs is 1. The van der Waals surface area contributed by atoms with Crippen LogP contribution in [0.25, 0.3) is 33.2 Å². The molecule has 0 unspecified atom stereocenters. The number of nitrogens with one attached hydrogen (secondary N) is 1. The van der Waals surface area contributed by atoms with Gasteiger partial charge in [-0.1, -0.05) is 24.3 Å². The number of aromatic amines is 1. The van der Waals surface area contributed by atoms with Crippen molar-refractivity contribution in [1.29, 1.82) is 0 Å². The molecular weight excluding hydrogens is 562 g/mol. The lowest BCUT2D eigenvalue weighted by Gasteiger charge is -2.32. The van der Waals surface area contributed by atoms with Crippen LogP contribution in [0.1, 0.15) is 25.0 Å². The highest BCUT2D eigenvalue weighted by Crippen LogP contribution is 2.49. The van der Waals surface area contributed by atoms with Crippen molar-refractivity contribution >= 4 is 20.7 Å². The van der Waals surface area contributed by atoms with Crippen LogP contribution in [0.15, 0.2) is 71.8 Å². The third-order valence-electron chi connectivity index (χ3n) is 6.95. The zero-order valence-corrected chi connectivity index (χ0v) is 22.0. The van der Waals surface area contributed by atoms with Crippen molar-refractivity contribution in [2.24, 2.45) is 0 Å². The Morgan fingerprint density at radius 1 is 0.850 bits per heavy atom. The summed E-state index contributed by atoms with van der Waals surface area (Å²) in [5.74, 6) is 0. The first-order chi connectivity index (χ1) is 18.3. The smallest absolute Gasteiger partial charge is 0.369 e. The average molecular weight is 585 g/mol. The fraction of sp³-hybridized carbons (Fsp3) is 0.259. The quantitative estimate of drug-likeness (QED) is 0.287. The van der Waals surface area contributed by atoms with Gasteiger partial charge >= 0.3 is 12.4 Å². The lowest BCUT2D eigenvalue weighted by molar-refractivity contribution is -0.376. The molecule has 4 aromatic rings. The predicted molar refractivity (Wildman–Crippen MR) is 137 cm³/mol. The fourth-order valence-corrected chi connectivity index (χ4v) is 4.77. The third kappa shape index (κ3) is 4.77. The van der Waals surface area contributed by atoms with Gasteiger partial charge in [0.2, 0.25) is 0 Å². The van der Waals surface area contributed by atoms with Crippen LogP contribution in [0.2, 0.25) is 0 Å². The molecule has 4 rings (SSSR count). The largest absolute Gasteiger partial charge is 0.430 e. The zero-order chi connectivity index (χ0) is 29.9. The van der Waals surface area contributed by atoms with Crippen molar-refractivity contribution in [2.45, 2.75) is 36.5 Å². The number of hydrogen-bond donors (Lipinski definition) is 2. The topological polar surface area (TPSA) is 100 Å². The highest BCUT2D eigenvalue weighted by molar-refractivity contribution is 7.91. The van der Waals surface area contributed by atoms with Gasteiger partial charge in [-0.3, -0.25) is 9.78 Å². The first kappa shape index (κ1) is 29.3. The summed E-state index contributed by atoms with van der Waals surface area (Å²) in [5, 5.41) is 10.4. The second kappa shape index (κ2) is 9.44. The van der Waals surface area contributed by atoms with Crippen molar-refractivity contribution in [3.05, 3.63) is 88.5 Å². The summed E-state index contributed by atoms with van der Waals surface area (Å²) in [6, 6.07) is 12.9. The van der Waals surface area contributed by atoms with Crippen LogP contribution in [-0.4, -0.2) is 42.1 Å². The van der Waals surface area contributed by atoms with E-state index in [2.05, 4.69) is 4.98 Å². The van der Waals surface area contributed by atoms with Gasteiger partial charge in [-0.15, -0.1) is 0 Å². The SMILES string of the molecule is CC(C)(c1cc(-c2cccc(-c3c[nH]c(=O)c(C(O)(C(F)(F)F)C(F)(F)F)c3)c2)c2ncccc2c1)S(C)(=O)=O. The number of aliphatic hydroxyl groups is 1. The summed E-state index contributed by atoms with van der Waals surface area (Å²) in [6.45, 7) is 3.06. The molecule has 0 aliphatic heterocycles. The lowest BCUT2D eigenvalue weighted by Crippen LogP contribution is -2.56. The Bertz CT molecular complexity index is 1760. The Labute approximate surface area is 224 Å². The Morgan fingerprint density at radius 3 is 2.08 bits per heavy atom. The monoisotopic (exact) mass is 584 g/mol. The minimum atomic E-state index is -6.24. The second-order valence-electron chi connectivity index (χ2n) is 9.80. The molecule has 13 heteroatoms. The molecule has 0 aliphatic rings. The molecule has 0 bridgehead atoms. The van der Waals surface area contributed by atoms with E-state index in [0.29, 0.717) is 33.7 Å². The summed E-state index contributed by atoms with van der Waals surface area (Å²) >= 11 is 0. The fourth-order valence-electron chi connectivity index (χ4n) is 4.23. The highest BCUT2D eigenvalue weighted by atomic mass is 32.2. The first-order valence-electron chi connectivity index (χ1n) is 11.6. The molecule has 0 aliphatic carbocycles. The molecule has 0 radical (unpaired) electrons. The van der Waals surface area contributed by atoms with Crippen LogP contribution in [0.4, 0.5) is 26.3 Å². The minimum absolute atomic E-state index is 0.110. The number of nitrogens with zero attached hydrogens (tertiary/aromatic N) is 1. The Balaban J connectivity index is 1.95. The number of sulfone groups is 1. The first-order valence-corrected chi connectivity index (χ1v) is 13.5. The summed E-state index contributed by atoms with van der Waals surface area (Å²) in [7, 11) is -3.58. The molecule has 0 spiro atoms. The van der Waals surface area contributed by atoms with E-state index in [1.54, 1.807) is 30.3 Å². The number of pyridine rings is 2. The maximum Gasteiger partial charge on any atom is 0.430 e. The Hall–Kier alpha value is -3.71. The molecule has 2 aromatic carbocycles. The summed E-state index contributed by atoms with van der Waals surface area (Å²) in [6.07, 6.45) is -8.94. The molecule has 2 heterocycles. The molecule has 0 amide bonds. The molecule has 6 nitrogen and oxygen atoms in total. The Morgan fingerprint density at radius 2 is 1.48 bits per heavy atom. The van der Waals surface area contributed by atoms with E-state index in [4.69, 9.17) is 0 Å². The van der Waals surface area contributed by atoms with E-state index in [-0.39, 0.29) is 11.1 Å². The molecule has 0 saturated heterocycles. The molecular formula is C27H22F6N2O4S. The number of aromatic nitrogens is 2. The normalized spacial score (nSPS) is 13.6. The van der Waals surface area contributed by atoms with E-state index >= 15 is 0 Å². The third-order valence-corrected chi connectivity index (χ3v) is 9.04. The van der Waals surface area contributed by atoms with Crippen LogP contribution in [-0.2, 0) is 20.2 Å². The maximum absolute atomic E-state index is 13.5. The van der Waals surface area contributed by atoms with Crippen LogP contribution in [0.5, 0.6) is 0 Å². The van der Waals surface area contributed by atoms with E-state index in [1.165, 1.54) is 38.2 Å². The number of alkyl halides is 6. The predicted octanol–water partition coefficient (Wildman–Crippen LogP) is 5.85. The molecule has 212 valence electrons. The molecule has 40 heavy (non-hydrogen) atoms. The minimum Gasteiger partial charge on any atom is -0.369 e. The number of H-pyrrole nitrogens is 1. The van der Waals surface area contributed by atoms with E-state index < -0.39 is 43.7 Å². The van der Waals surface area contributed by atoms with Gasteiger partial charge in [0.05, 0.1) is 15.8 Å². The van der Waals surface area contributed by atoms with Crippen molar-refractivity contribution in [2.75, 3.05) is 6.26 Å². The number of benzene rings is 2. The zero-order valence-electron chi connectivity index (χ0n) is 21.1. The van der Waals surface area contributed by atoms with E-state index in [1.807, 2.05) is 4.98 Å². The van der Waals surface area contributed by atoms with Gasteiger partial charge in [-0.2, -0.15) is 26.3 Å². The summed E-state index contributed by atoms with van der Waals surface area (Å²) in [4.78, 5) is 18.4. The van der Waals surface area contributed by atoms with E-state index in [0.717, 1.165) is 12.5 Å². The van der Waals surface area contributed by atoms with Gasteiger partial charge in [0.15, 0.2) is 9.84 Å². The number of hydrogen-bond acceptors (Lipinski definition) is 5. The van der Waals surface area contributed by atoms with Gasteiger partial charge in [0, 0.05) is 29.6 Å². The van der Waals surface area contributed by atoms with Gasteiger partial charge in [0.25, 0.3) is 11.2 Å². The number of rotatable bonds is 5. The van der Waals surface area contributed by atoms with Crippen molar-refractivity contribution in [3.8, 4) is 22.3 Å². The summed E-state index contributed by atoms with van der Waals surface area (Å²) in [5.41, 5.74) is -7.46. The van der Waals surface area contributed by atoms with Crippen molar-refractivity contribution in [3.63, 3.8) is 0 Å². The van der Waals surface area contributed by atoms with Crippen LogP contribution in [0, 0.1) is 0 Å². The van der Waals surface area contributed by atoms with Crippen LogP contribution >= 0.6 is 0 Å². The molecule has 0 atom stereocenters. The van der Waals surface area contributed by atoms with Gasteiger partial charge in [-0.25, -0.2) is 8.42 Å². The molecule has 0 fully saturated rings. The molecule has 2 aromatic heterocycles. The second-order valence-corrected chi connectivity index (χ2v) is 12.4. The van der Waals surface area contributed by atoms with Gasteiger partial charge in [-0.05, 0) is 66.4 Å². The van der Waals surface area contributed by atoms with Crippen molar-refractivity contribution < 1.29 is 39.9 Å². The maximum atomic E-state index is 13.5. The van der Waals surface area contributed by atoms with Gasteiger partial charge in [0.1, 0.15) is 0 Å². The van der Waals surface area contributed by atoms with E-state index in [9.17, 15) is 44.7 Å². The Kier molecular flexibility index (Phi) is 6.91. The lowest BCUT2D eigenvalue weighted by atomic mass is 9.90. The van der Waals surface area contributed by atoms with Crippen LogP contribution in [0.3, 0.4) is 0 Å².